The van der Waals surface area contributed by atoms with E-state index in [0.717, 1.165) is 28.4 Å². The van der Waals surface area contributed by atoms with E-state index in [9.17, 15) is 0 Å². The predicted molar refractivity (Wildman–Crippen MR) is 73.8 cm³/mol. The van der Waals surface area contributed by atoms with Crippen LogP contribution < -0.4 is 9.47 Å². The molecule has 0 saturated carbocycles. The number of ether oxygens (including phenoxy) is 2. The lowest BCUT2D eigenvalue weighted by Crippen LogP contribution is -1.97. The molecule has 1 aromatic heterocycles. The van der Waals surface area contributed by atoms with Crippen LogP contribution in [0.2, 0.25) is 0 Å². The molecule has 96 valence electrons. The minimum Gasteiger partial charge on any atom is -0.497 e. The van der Waals surface area contributed by atoms with E-state index in [1.807, 2.05) is 31.2 Å². The molecule has 1 atom stereocenters. The Kier molecular flexibility index (Phi) is 3.97. The molecule has 1 unspecified atom stereocenters. The van der Waals surface area contributed by atoms with Crippen LogP contribution in [0.15, 0.2) is 34.9 Å². The highest BCUT2D eigenvalue weighted by Crippen LogP contribution is 2.38. The van der Waals surface area contributed by atoms with Crippen molar-refractivity contribution in [3.63, 3.8) is 0 Å². The minimum atomic E-state index is 0.0378. The van der Waals surface area contributed by atoms with Gasteiger partial charge in [0.25, 0.3) is 0 Å². The number of methoxy groups -OCH3 is 2. The molecule has 0 radical (unpaired) electrons. The lowest BCUT2D eigenvalue weighted by atomic mass is 10.1. The Morgan fingerprint density at radius 3 is 2.50 bits per heavy atom. The number of aryl methyl sites for hydroxylation is 1. The van der Waals surface area contributed by atoms with Gasteiger partial charge in [0.1, 0.15) is 17.3 Å². The third kappa shape index (κ3) is 2.53. The quantitative estimate of drug-likeness (QED) is 0.797. The van der Waals surface area contributed by atoms with E-state index in [0.29, 0.717) is 0 Å². The van der Waals surface area contributed by atoms with Crippen LogP contribution in [0.4, 0.5) is 0 Å². The van der Waals surface area contributed by atoms with Gasteiger partial charge in [-0.3, -0.25) is 0 Å². The first kappa shape index (κ1) is 13.0. The number of hydrogen-bond acceptors (Lipinski definition) is 3. The van der Waals surface area contributed by atoms with Crippen LogP contribution in [-0.2, 0) is 0 Å². The topological polar surface area (TPSA) is 31.6 Å². The second-order valence-electron chi connectivity index (χ2n) is 3.96. The van der Waals surface area contributed by atoms with Gasteiger partial charge in [0.15, 0.2) is 0 Å². The molecule has 0 spiro atoms. The summed E-state index contributed by atoms with van der Waals surface area (Å²) in [5.41, 5.74) is 2.11. The molecule has 0 N–H and O–H groups in total. The molecule has 0 amide bonds. The van der Waals surface area contributed by atoms with Gasteiger partial charge in [0, 0.05) is 17.2 Å². The Morgan fingerprint density at radius 2 is 1.94 bits per heavy atom. The smallest absolute Gasteiger partial charge is 0.127 e. The summed E-state index contributed by atoms with van der Waals surface area (Å²) in [6.07, 6.45) is 1.75. The van der Waals surface area contributed by atoms with Crippen molar-refractivity contribution < 1.29 is 13.9 Å². The van der Waals surface area contributed by atoms with Crippen molar-refractivity contribution in [1.29, 1.82) is 0 Å². The fraction of sp³-hybridized carbons (Fsp3) is 0.286. The molecule has 18 heavy (non-hydrogen) atoms. The summed E-state index contributed by atoms with van der Waals surface area (Å²) in [6.45, 7) is 1.93. The van der Waals surface area contributed by atoms with Crippen LogP contribution >= 0.6 is 15.9 Å². The van der Waals surface area contributed by atoms with Gasteiger partial charge >= 0.3 is 0 Å². The SMILES string of the molecule is COc1ccc(C(Br)c2coc(C)c2)c(OC)c1. The maximum absolute atomic E-state index is 5.40. The van der Waals surface area contributed by atoms with Crippen LogP contribution in [0.25, 0.3) is 0 Å². The standard InChI is InChI=1S/C14H15BrO3/c1-9-6-10(8-18-9)14(15)12-5-4-11(16-2)7-13(12)17-3/h4-8,14H,1-3H3. The van der Waals surface area contributed by atoms with Gasteiger partial charge in [0.05, 0.1) is 25.3 Å². The molecule has 0 bridgehead atoms. The van der Waals surface area contributed by atoms with Crippen molar-refractivity contribution in [1.82, 2.24) is 0 Å². The maximum atomic E-state index is 5.40. The lowest BCUT2D eigenvalue weighted by Gasteiger charge is -2.14. The van der Waals surface area contributed by atoms with Gasteiger partial charge in [-0.05, 0) is 19.1 Å². The number of rotatable bonds is 4. The summed E-state index contributed by atoms with van der Waals surface area (Å²) < 4.78 is 15.9. The van der Waals surface area contributed by atoms with Crippen molar-refractivity contribution in [3.8, 4) is 11.5 Å². The minimum absolute atomic E-state index is 0.0378. The highest BCUT2D eigenvalue weighted by Gasteiger charge is 2.17. The first-order chi connectivity index (χ1) is 8.65. The highest BCUT2D eigenvalue weighted by atomic mass is 79.9. The molecular formula is C14H15BrO3. The second-order valence-corrected chi connectivity index (χ2v) is 4.88. The zero-order valence-electron chi connectivity index (χ0n) is 10.6. The average Bonchev–Trinajstić information content (AvgIpc) is 2.83. The largest absolute Gasteiger partial charge is 0.497 e. The molecule has 4 heteroatoms. The van der Waals surface area contributed by atoms with Crippen LogP contribution in [0, 0.1) is 6.92 Å². The normalized spacial score (nSPS) is 12.2. The monoisotopic (exact) mass is 310 g/mol. The van der Waals surface area contributed by atoms with Crippen molar-refractivity contribution >= 4 is 15.9 Å². The Labute approximate surface area is 115 Å². The van der Waals surface area contributed by atoms with Crippen LogP contribution in [0.3, 0.4) is 0 Å². The summed E-state index contributed by atoms with van der Waals surface area (Å²) in [6, 6.07) is 7.78. The van der Waals surface area contributed by atoms with E-state index in [4.69, 9.17) is 13.9 Å². The fourth-order valence-electron chi connectivity index (χ4n) is 1.80. The summed E-state index contributed by atoms with van der Waals surface area (Å²) in [7, 11) is 3.29. The highest BCUT2D eigenvalue weighted by molar-refractivity contribution is 9.09. The fourth-order valence-corrected chi connectivity index (χ4v) is 2.42. The molecule has 3 nitrogen and oxygen atoms in total. The molecule has 0 aliphatic carbocycles. The summed E-state index contributed by atoms with van der Waals surface area (Å²) in [5, 5.41) is 0. The Balaban J connectivity index is 2.38. The first-order valence-corrected chi connectivity index (χ1v) is 6.48. The van der Waals surface area contributed by atoms with Crippen molar-refractivity contribution in [2.75, 3.05) is 14.2 Å². The van der Waals surface area contributed by atoms with E-state index >= 15 is 0 Å². The van der Waals surface area contributed by atoms with E-state index in [-0.39, 0.29) is 4.83 Å². The number of halogens is 1. The first-order valence-electron chi connectivity index (χ1n) is 5.56. The number of furan rings is 1. The molecule has 2 aromatic rings. The van der Waals surface area contributed by atoms with Gasteiger partial charge in [-0.1, -0.05) is 22.0 Å². The van der Waals surface area contributed by atoms with Crippen molar-refractivity contribution in [2.45, 2.75) is 11.8 Å². The van der Waals surface area contributed by atoms with Gasteiger partial charge in [0.2, 0.25) is 0 Å². The molecular weight excluding hydrogens is 296 g/mol. The van der Waals surface area contributed by atoms with Gasteiger partial charge < -0.3 is 13.9 Å². The van der Waals surface area contributed by atoms with Crippen LogP contribution in [0.1, 0.15) is 21.7 Å². The third-order valence-electron chi connectivity index (χ3n) is 2.76. The van der Waals surface area contributed by atoms with E-state index in [1.165, 1.54) is 0 Å². The van der Waals surface area contributed by atoms with Crippen LogP contribution in [0.5, 0.6) is 11.5 Å². The summed E-state index contributed by atoms with van der Waals surface area (Å²) >= 11 is 3.66. The molecule has 2 rings (SSSR count). The second kappa shape index (κ2) is 5.48. The average molecular weight is 311 g/mol. The Hall–Kier alpha value is -1.42. The third-order valence-corrected chi connectivity index (χ3v) is 3.78. The number of hydrogen-bond donors (Lipinski definition) is 0. The Bertz CT molecular complexity index is 534. The number of benzene rings is 1. The summed E-state index contributed by atoms with van der Waals surface area (Å²) in [5.74, 6) is 2.45. The zero-order chi connectivity index (χ0) is 13.1. The van der Waals surface area contributed by atoms with Gasteiger partial charge in [-0.15, -0.1) is 0 Å². The van der Waals surface area contributed by atoms with E-state index < -0.39 is 0 Å². The summed E-state index contributed by atoms with van der Waals surface area (Å²) in [4.78, 5) is 0.0378. The molecule has 1 heterocycles. The molecule has 1 aromatic carbocycles. The van der Waals surface area contributed by atoms with Crippen molar-refractivity contribution in [2.24, 2.45) is 0 Å². The molecule has 0 aliphatic heterocycles. The predicted octanol–water partition coefficient (Wildman–Crippen LogP) is 4.09. The zero-order valence-corrected chi connectivity index (χ0v) is 12.2. The van der Waals surface area contributed by atoms with Crippen LogP contribution in [-0.4, -0.2) is 14.2 Å². The molecule has 0 fully saturated rings. The molecule has 0 aliphatic rings. The van der Waals surface area contributed by atoms with Gasteiger partial charge in [-0.25, -0.2) is 0 Å². The van der Waals surface area contributed by atoms with E-state index in [1.54, 1.807) is 20.5 Å². The van der Waals surface area contributed by atoms with Crippen molar-refractivity contribution in [3.05, 3.63) is 47.4 Å². The lowest BCUT2D eigenvalue weighted by molar-refractivity contribution is 0.391. The Morgan fingerprint density at radius 1 is 1.17 bits per heavy atom. The molecule has 0 saturated heterocycles. The van der Waals surface area contributed by atoms with Gasteiger partial charge in [-0.2, -0.15) is 0 Å². The maximum Gasteiger partial charge on any atom is 0.127 e. The number of alkyl halides is 1. The van der Waals surface area contributed by atoms with E-state index in [2.05, 4.69) is 15.9 Å².